The van der Waals surface area contributed by atoms with Gasteiger partial charge in [0.1, 0.15) is 5.75 Å². The van der Waals surface area contributed by atoms with Gasteiger partial charge in [0, 0.05) is 24.7 Å². The van der Waals surface area contributed by atoms with E-state index in [0.29, 0.717) is 11.8 Å². The number of fused-ring (bicyclic) bond motifs is 1. The summed E-state index contributed by atoms with van der Waals surface area (Å²) in [5.41, 5.74) is 1.02. The van der Waals surface area contributed by atoms with Crippen molar-refractivity contribution in [1.29, 1.82) is 0 Å². The quantitative estimate of drug-likeness (QED) is 0.910. The second kappa shape index (κ2) is 5.43. The molecule has 1 heterocycles. The largest absolute Gasteiger partial charge is 0.508 e. The fourth-order valence-corrected chi connectivity index (χ4v) is 2.89. The maximum absolute atomic E-state index is 10.2. The first-order chi connectivity index (χ1) is 9.65. The van der Waals surface area contributed by atoms with Gasteiger partial charge >= 0.3 is 0 Å². The van der Waals surface area contributed by atoms with Crippen LogP contribution in [-0.2, 0) is 11.3 Å². The molecular weight excluding hydrogens is 250 g/mol. The molecule has 106 valence electrons. The van der Waals surface area contributed by atoms with Crippen LogP contribution in [0, 0.1) is 0 Å². The van der Waals surface area contributed by atoms with Crippen molar-refractivity contribution in [3.05, 3.63) is 42.0 Å². The van der Waals surface area contributed by atoms with Crippen LogP contribution in [0.5, 0.6) is 5.75 Å². The van der Waals surface area contributed by atoms with Crippen molar-refractivity contribution < 1.29 is 9.84 Å². The summed E-state index contributed by atoms with van der Waals surface area (Å²) in [6.45, 7) is 6.70. The van der Waals surface area contributed by atoms with Crippen LogP contribution in [0.2, 0.25) is 0 Å². The summed E-state index contributed by atoms with van der Waals surface area (Å²) in [6, 6.07) is 12.4. The van der Waals surface area contributed by atoms with E-state index < -0.39 is 0 Å². The molecule has 2 unspecified atom stereocenters. The molecule has 3 heteroatoms. The second-order valence-corrected chi connectivity index (χ2v) is 5.71. The molecule has 2 atom stereocenters. The van der Waals surface area contributed by atoms with Crippen molar-refractivity contribution in [2.45, 2.75) is 32.5 Å². The maximum Gasteiger partial charge on any atom is 0.120 e. The summed E-state index contributed by atoms with van der Waals surface area (Å²) >= 11 is 0. The smallest absolute Gasteiger partial charge is 0.120 e. The van der Waals surface area contributed by atoms with Gasteiger partial charge in [-0.25, -0.2) is 0 Å². The fourth-order valence-electron chi connectivity index (χ4n) is 2.89. The van der Waals surface area contributed by atoms with Crippen LogP contribution in [0.15, 0.2) is 36.4 Å². The molecule has 1 saturated heterocycles. The zero-order chi connectivity index (χ0) is 14.1. The number of benzene rings is 2. The van der Waals surface area contributed by atoms with E-state index in [1.54, 1.807) is 6.07 Å². The number of hydrogen-bond acceptors (Lipinski definition) is 3. The lowest BCUT2D eigenvalue weighted by Crippen LogP contribution is -2.46. The summed E-state index contributed by atoms with van der Waals surface area (Å²) in [7, 11) is 0. The summed E-state index contributed by atoms with van der Waals surface area (Å²) in [5.74, 6) is 0.384. The molecule has 0 spiro atoms. The van der Waals surface area contributed by atoms with Crippen LogP contribution in [-0.4, -0.2) is 35.3 Å². The number of ether oxygens (including phenoxy) is 1. The number of morpholine rings is 1. The third-order valence-electron chi connectivity index (χ3n) is 4.11. The SMILES string of the molecule is CC1CN(Cc2c(O)ccc3ccccc23)C(C)CO1. The first-order valence-electron chi connectivity index (χ1n) is 7.20. The van der Waals surface area contributed by atoms with Gasteiger partial charge in [0.2, 0.25) is 0 Å². The first-order valence-corrected chi connectivity index (χ1v) is 7.20. The molecular formula is C17H21NO2. The minimum atomic E-state index is 0.253. The highest BCUT2D eigenvalue weighted by molar-refractivity contribution is 5.87. The second-order valence-electron chi connectivity index (χ2n) is 5.71. The molecule has 2 aromatic carbocycles. The molecule has 0 aromatic heterocycles. The van der Waals surface area contributed by atoms with Crippen molar-refractivity contribution in [2.75, 3.05) is 13.2 Å². The van der Waals surface area contributed by atoms with Crippen LogP contribution in [0.25, 0.3) is 10.8 Å². The molecule has 1 N–H and O–H groups in total. The van der Waals surface area contributed by atoms with Crippen molar-refractivity contribution in [1.82, 2.24) is 4.90 Å². The number of hydrogen-bond donors (Lipinski definition) is 1. The van der Waals surface area contributed by atoms with E-state index in [1.807, 2.05) is 18.2 Å². The third kappa shape index (κ3) is 2.51. The molecule has 1 aliphatic rings. The number of nitrogens with zero attached hydrogens (tertiary/aromatic N) is 1. The van der Waals surface area contributed by atoms with Gasteiger partial charge in [-0.3, -0.25) is 4.90 Å². The Balaban J connectivity index is 1.95. The Morgan fingerprint density at radius 3 is 2.85 bits per heavy atom. The minimum absolute atomic E-state index is 0.253. The molecule has 20 heavy (non-hydrogen) atoms. The summed E-state index contributed by atoms with van der Waals surface area (Å²) < 4.78 is 5.67. The highest BCUT2D eigenvalue weighted by atomic mass is 16.5. The Morgan fingerprint density at radius 2 is 2.00 bits per heavy atom. The summed E-state index contributed by atoms with van der Waals surface area (Å²) in [4.78, 5) is 2.38. The zero-order valence-corrected chi connectivity index (χ0v) is 12.0. The van der Waals surface area contributed by atoms with E-state index in [2.05, 4.69) is 30.9 Å². The number of phenols is 1. The molecule has 1 aliphatic heterocycles. The molecule has 0 amide bonds. The first kappa shape index (κ1) is 13.4. The maximum atomic E-state index is 10.2. The Bertz CT molecular complexity index is 611. The topological polar surface area (TPSA) is 32.7 Å². The van der Waals surface area contributed by atoms with E-state index in [4.69, 9.17) is 4.74 Å². The Morgan fingerprint density at radius 1 is 1.20 bits per heavy atom. The van der Waals surface area contributed by atoms with Gasteiger partial charge in [-0.2, -0.15) is 0 Å². The van der Waals surface area contributed by atoms with Gasteiger partial charge in [-0.15, -0.1) is 0 Å². The lowest BCUT2D eigenvalue weighted by Gasteiger charge is -2.37. The average molecular weight is 271 g/mol. The highest BCUT2D eigenvalue weighted by Crippen LogP contribution is 2.29. The van der Waals surface area contributed by atoms with Gasteiger partial charge < -0.3 is 9.84 Å². The molecule has 0 bridgehead atoms. The standard InChI is InChI=1S/C17H21NO2/c1-12-11-20-13(2)9-18(12)10-16-15-6-4-3-5-14(15)7-8-17(16)19/h3-8,12-13,19H,9-11H2,1-2H3. The zero-order valence-electron chi connectivity index (χ0n) is 12.0. The van der Waals surface area contributed by atoms with Crippen LogP contribution < -0.4 is 0 Å². The highest BCUT2D eigenvalue weighted by Gasteiger charge is 2.24. The van der Waals surface area contributed by atoms with Crippen molar-refractivity contribution in [3.63, 3.8) is 0 Å². The van der Waals surface area contributed by atoms with Crippen molar-refractivity contribution in [3.8, 4) is 5.75 Å². The summed E-state index contributed by atoms with van der Waals surface area (Å²) in [6.07, 6.45) is 0.253. The predicted octanol–water partition coefficient (Wildman–Crippen LogP) is 3.15. The van der Waals surface area contributed by atoms with Crippen LogP contribution in [0.1, 0.15) is 19.4 Å². The van der Waals surface area contributed by atoms with E-state index in [-0.39, 0.29) is 6.10 Å². The minimum Gasteiger partial charge on any atom is -0.508 e. The van der Waals surface area contributed by atoms with E-state index in [1.165, 1.54) is 5.39 Å². The lowest BCUT2D eigenvalue weighted by molar-refractivity contribution is -0.0527. The van der Waals surface area contributed by atoms with E-state index in [0.717, 1.165) is 30.6 Å². The lowest BCUT2D eigenvalue weighted by atomic mass is 10.0. The number of rotatable bonds is 2. The van der Waals surface area contributed by atoms with Gasteiger partial charge in [-0.1, -0.05) is 30.3 Å². The molecule has 2 aromatic rings. The predicted molar refractivity (Wildman–Crippen MR) is 80.9 cm³/mol. The van der Waals surface area contributed by atoms with Gasteiger partial charge in [0.25, 0.3) is 0 Å². The number of aromatic hydroxyl groups is 1. The molecule has 3 nitrogen and oxygen atoms in total. The average Bonchev–Trinajstić information content (AvgIpc) is 2.46. The van der Waals surface area contributed by atoms with E-state index in [9.17, 15) is 5.11 Å². The Kier molecular flexibility index (Phi) is 3.64. The number of phenolic OH excluding ortho intramolecular Hbond substituents is 1. The molecule has 1 fully saturated rings. The molecule has 0 radical (unpaired) electrons. The molecule has 0 saturated carbocycles. The Labute approximate surface area is 119 Å². The fraction of sp³-hybridized carbons (Fsp3) is 0.412. The normalized spacial score (nSPS) is 24.1. The molecule has 3 rings (SSSR count). The van der Waals surface area contributed by atoms with E-state index >= 15 is 0 Å². The van der Waals surface area contributed by atoms with Crippen molar-refractivity contribution in [2.24, 2.45) is 0 Å². The van der Waals surface area contributed by atoms with Crippen LogP contribution in [0.3, 0.4) is 0 Å². The monoisotopic (exact) mass is 271 g/mol. The summed E-state index contributed by atoms with van der Waals surface area (Å²) in [5, 5.41) is 12.5. The Hall–Kier alpha value is -1.58. The molecule has 0 aliphatic carbocycles. The van der Waals surface area contributed by atoms with Gasteiger partial charge in [0.05, 0.1) is 12.7 Å². The van der Waals surface area contributed by atoms with Gasteiger partial charge in [0.15, 0.2) is 0 Å². The van der Waals surface area contributed by atoms with Gasteiger partial charge in [-0.05, 0) is 30.7 Å². The van der Waals surface area contributed by atoms with Crippen LogP contribution >= 0.6 is 0 Å². The van der Waals surface area contributed by atoms with Crippen molar-refractivity contribution >= 4 is 10.8 Å². The third-order valence-corrected chi connectivity index (χ3v) is 4.11. The van der Waals surface area contributed by atoms with Crippen LogP contribution in [0.4, 0.5) is 0 Å².